The summed E-state index contributed by atoms with van der Waals surface area (Å²) in [5, 5.41) is 10.3. The van der Waals surface area contributed by atoms with Gasteiger partial charge in [0.25, 0.3) is 5.56 Å². The Bertz CT molecular complexity index is 1140. The molecule has 27 heavy (non-hydrogen) atoms. The maximum atomic E-state index is 12.5. The van der Waals surface area contributed by atoms with Crippen molar-refractivity contribution < 1.29 is 14.6 Å². The summed E-state index contributed by atoms with van der Waals surface area (Å²) in [5.74, 6) is 1.28. The van der Waals surface area contributed by atoms with Crippen LogP contribution in [0.25, 0.3) is 11.2 Å². The van der Waals surface area contributed by atoms with Crippen LogP contribution in [0, 0.1) is 4.77 Å². The summed E-state index contributed by atoms with van der Waals surface area (Å²) in [6, 6.07) is 6.96. The maximum absolute atomic E-state index is 12.5. The molecule has 0 unspecified atom stereocenters. The molecule has 0 saturated heterocycles. The molecule has 1 atom stereocenters. The number of nitrogens with one attached hydrogen (secondary N) is 1. The van der Waals surface area contributed by atoms with Crippen molar-refractivity contribution in [1.82, 2.24) is 18.7 Å². The largest absolute Gasteiger partial charge is 0.497 e. The van der Waals surface area contributed by atoms with E-state index in [1.54, 1.807) is 38.4 Å². The Morgan fingerprint density at radius 1 is 1.15 bits per heavy atom. The summed E-state index contributed by atoms with van der Waals surface area (Å²) in [4.78, 5) is 27.4. The molecule has 1 aromatic carbocycles. The zero-order chi connectivity index (χ0) is 19.7. The Kier molecular flexibility index (Phi) is 5.19. The van der Waals surface area contributed by atoms with E-state index >= 15 is 0 Å². The van der Waals surface area contributed by atoms with Crippen LogP contribution in [0.2, 0.25) is 0 Å². The van der Waals surface area contributed by atoms with E-state index in [9.17, 15) is 14.7 Å². The molecule has 0 saturated carbocycles. The van der Waals surface area contributed by atoms with Crippen molar-refractivity contribution in [3.05, 3.63) is 49.9 Å². The molecule has 144 valence electrons. The number of benzene rings is 1. The monoisotopic (exact) mass is 392 g/mol. The highest BCUT2D eigenvalue weighted by molar-refractivity contribution is 7.71. The molecule has 0 amide bonds. The van der Waals surface area contributed by atoms with Gasteiger partial charge in [-0.1, -0.05) is 0 Å². The average molecular weight is 392 g/mol. The number of imidazole rings is 1. The lowest BCUT2D eigenvalue weighted by Gasteiger charge is -2.14. The van der Waals surface area contributed by atoms with Crippen molar-refractivity contribution in [2.45, 2.75) is 12.6 Å². The second-order valence-electron chi connectivity index (χ2n) is 6.08. The first-order valence-electron chi connectivity index (χ1n) is 8.17. The Hall–Kier alpha value is -2.85. The molecule has 0 bridgehead atoms. The second-order valence-corrected chi connectivity index (χ2v) is 6.47. The number of nitrogens with zero attached hydrogens (tertiary/aromatic N) is 3. The van der Waals surface area contributed by atoms with E-state index in [-0.39, 0.29) is 23.4 Å². The van der Waals surface area contributed by atoms with E-state index in [2.05, 4.69) is 4.98 Å². The lowest BCUT2D eigenvalue weighted by molar-refractivity contribution is 0.0930. The fourth-order valence-electron chi connectivity index (χ4n) is 2.79. The predicted octanol–water partition coefficient (Wildman–Crippen LogP) is 0.545. The topological polar surface area (TPSA) is 103 Å². The van der Waals surface area contributed by atoms with Crippen LogP contribution in [0.15, 0.2) is 33.9 Å². The molecule has 3 rings (SSSR count). The summed E-state index contributed by atoms with van der Waals surface area (Å²) in [6.45, 7) is 0.0509. The van der Waals surface area contributed by atoms with Crippen LogP contribution < -0.4 is 20.7 Å². The molecule has 0 spiro atoms. The summed E-state index contributed by atoms with van der Waals surface area (Å²) in [6.07, 6.45) is -0.917. The Balaban J connectivity index is 1.83. The number of fused-ring (bicyclic) bond motifs is 1. The van der Waals surface area contributed by atoms with E-state index in [0.29, 0.717) is 17.1 Å². The number of aliphatic hydroxyl groups is 1. The van der Waals surface area contributed by atoms with Crippen molar-refractivity contribution in [1.29, 1.82) is 0 Å². The molecular weight excluding hydrogens is 372 g/mol. The summed E-state index contributed by atoms with van der Waals surface area (Å²) in [7, 11) is 4.52. The van der Waals surface area contributed by atoms with Crippen molar-refractivity contribution in [2.24, 2.45) is 14.1 Å². The SMILES string of the molecule is COc1ccc(OC[C@@H](O)Cn2c(=S)[nH]c3c2c(=O)n(C)c(=O)n3C)cc1. The van der Waals surface area contributed by atoms with Crippen LogP contribution >= 0.6 is 12.2 Å². The minimum Gasteiger partial charge on any atom is -0.497 e. The van der Waals surface area contributed by atoms with Gasteiger partial charge in [0.15, 0.2) is 10.3 Å². The number of hydrogen-bond acceptors (Lipinski definition) is 6. The van der Waals surface area contributed by atoms with Gasteiger partial charge in [-0.2, -0.15) is 0 Å². The van der Waals surface area contributed by atoms with Gasteiger partial charge in [-0.25, -0.2) is 4.79 Å². The number of H-pyrrole nitrogens is 1. The molecule has 0 aliphatic rings. The van der Waals surface area contributed by atoms with Crippen LogP contribution in [0.3, 0.4) is 0 Å². The molecule has 9 nitrogen and oxygen atoms in total. The molecule has 3 aromatic rings. The van der Waals surface area contributed by atoms with Crippen molar-refractivity contribution in [3.8, 4) is 11.5 Å². The van der Waals surface area contributed by atoms with Crippen molar-refractivity contribution in [2.75, 3.05) is 13.7 Å². The van der Waals surface area contributed by atoms with Gasteiger partial charge < -0.3 is 24.1 Å². The number of ether oxygens (including phenoxy) is 2. The number of hydrogen-bond donors (Lipinski definition) is 2. The highest BCUT2D eigenvalue weighted by atomic mass is 32.1. The number of rotatable bonds is 6. The Morgan fingerprint density at radius 3 is 2.41 bits per heavy atom. The van der Waals surface area contributed by atoms with E-state index in [1.807, 2.05) is 0 Å². The van der Waals surface area contributed by atoms with Crippen molar-refractivity contribution in [3.63, 3.8) is 0 Å². The number of aliphatic hydroxyl groups excluding tert-OH is 1. The summed E-state index contributed by atoms with van der Waals surface area (Å²) < 4.78 is 14.7. The first-order valence-corrected chi connectivity index (χ1v) is 8.57. The van der Waals surface area contributed by atoms with Gasteiger partial charge in [0.2, 0.25) is 0 Å². The van der Waals surface area contributed by atoms with E-state index in [4.69, 9.17) is 21.7 Å². The van der Waals surface area contributed by atoms with Crippen LogP contribution in [0.4, 0.5) is 0 Å². The average Bonchev–Trinajstić information content (AvgIpc) is 2.99. The Labute approximate surface area is 159 Å². The van der Waals surface area contributed by atoms with Crippen LogP contribution in [0.5, 0.6) is 11.5 Å². The summed E-state index contributed by atoms with van der Waals surface area (Å²) >= 11 is 5.26. The van der Waals surface area contributed by atoms with E-state index in [0.717, 1.165) is 4.57 Å². The normalized spacial score (nSPS) is 12.3. The van der Waals surface area contributed by atoms with Gasteiger partial charge in [-0.3, -0.25) is 13.9 Å². The third-order valence-electron chi connectivity index (χ3n) is 4.28. The zero-order valence-corrected chi connectivity index (χ0v) is 15.9. The number of aromatic amines is 1. The maximum Gasteiger partial charge on any atom is 0.332 e. The number of aryl methyl sites for hydroxylation is 1. The van der Waals surface area contributed by atoms with Crippen LogP contribution in [-0.4, -0.2) is 43.6 Å². The smallest absolute Gasteiger partial charge is 0.332 e. The molecule has 2 heterocycles. The van der Waals surface area contributed by atoms with Crippen molar-refractivity contribution >= 4 is 23.4 Å². The molecule has 0 aliphatic heterocycles. The number of methoxy groups -OCH3 is 1. The molecule has 2 N–H and O–H groups in total. The molecule has 0 fully saturated rings. The number of aromatic nitrogens is 4. The first kappa shape index (κ1) is 18.9. The molecule has 0 aliphatic carbocycles. The van der Waals surface area contributed by atoms with Gasteiger partial charge >= 0.3 is 5.69 Å². The lowest BCUT2D eigenvalue weighted by atomic mass is 10.3. The quantitative estimate of drug-likeness (QED) is 0.594. The minimum atomic E-state index is -0.917. The predicted molar refractivity (Wildman–Crippen MR) is 102 cm³/mol. The molecule has 0 radical (unpaired) electrons. The summed E-state index contributed by atoms with van der Waals surface area (Å²) in [5.41, 5.74) is -0.396. The fraction of sp³-hybridized carbons (Fsp3) is 0.353. The first-order chi connectivity index (χ1) is 12.8. The van der Waals surface area contributed by atoms with E-state index in [1.165, 1.54) is 16.2 Å². The third kappa shape index (κ3) is 3.53. The van der Waals surface area contributed by atoms with E-state index < -0.39 is 17.4 Å². The van der Waals surface area contributed by atoms with Gasteiger partial charge in [0, 0.05) is 14.1 Å². The molecule has 2 aromatic heterocycles. The van der Waals surface area contributed by atoms with Gasteiger partial charge in [-0.15, -0.1) is 0 Å². The highest BCUT2D eigenvalue weighted by Crippen LogP contribution is 2.17. The standard InChI is InChI=1S/C17H20N4O5S/c1-19-14-13(15(23)20(2)17(19)24)21(16(27)18-14)8-10(22)9-26-12-6-4-11(25-3)5-7-12/h4-7,10,22H,8-9H2,1-3H3,(H,18,27)/t10-/m0/s1. The lowest BCUT2D eigenvalue weighted by Crippen LogP contribution is -2.38. The highest BCUT2D eigenvalue weighted by Gasteiger charge is 2.17. The zero-order valence-electron chi connectivity index (χ0n) is 15.1. The van der Waals surface area contributed by atoms with Crippen LogP contribution in [-0.2, 0) is 20.6 Å². The molecular formula is C17H20N4O5S. The molecule has 10 heteroatoms. The van der Waals surface area contributed by atoms with Gasteiger partial charge in [0.1, 0.15) is 29.9 Å². The Morgan fingerprint density at radius 2 is 1.78 bits per heavy atom. The van der Waals surface area contributed by atoms with Gasteiger partial charge in [-0.05, 0) is 36.5 Å². The fourth-order valence-corrected chi connectivity index (χ4v) is 3.05. The van der Waals surface area contributed by atoms with Crippen LogP contribution in [0.1, 0.15) is 0 Å². The minimum absolute atomic E-state index is 0.00680. The van der Waals surface area contributed by atoms with Gasteiger partial charge in [0.05, 0.1) is 13.7 Å². The second kappa shape index (κ2) is 7.41. The third-order valence-corrected chi connectivity index (χ3v) is 4.60.